The first-order valence-electron chi connectivity index (χ1n) is 9.14. The van der Waals surface area contributed by atoms with Gasteiger partial charge >= 0.3 is 0 Å². The largest absolute Gasteiger partial charge is 0.355 e. The maximum Gasteiger partial charge on any atom is 0.0722 e. The number of hydrogen-bond acceptors (Lipinski definition) is 1. The summed E-state index contributed by atoms with van der Waals surface area (Å²) in [7, 11) is 0. The number of benzene rings is 3. The van der Waals surface area contributed by atoms with Crippen LogP contribution in [0.1, 0.15) is 28.8 Å². The Morgan fingerprint density at radius 3 is 2.46 bits per heavy atom. The molecule has 6 rings (SSSR count). The van der Waals surface area contributed by atoms with Crippen LogP contribution in [0.25, 0.3) is 17.0 Å². The van der Waals surface area contributed by atoms with Crippen molar-refractivity contribution < 1.29 is 0 Å². The lowest BCUT2D eigenvalue weighted by molar-refractivity contribution is 0.672. The highest BCUT2D eigenvalue weighted by atomic mass is 15.2. The summed E-state index contributed by atoms with van der Waals surface area (Å²) in [4.78, 5) is 6.13. The van der Waals surface area contributed by atoms with Gasteiger partial charge in [0, 0.05) is 39.5 Å². The standard InChI is InChI=1S/C24H18N2/c1-2-8-16(9-3-1)26-22-13-7-5-10-17(22)18-14-15-21-23(24(18)26)19-11-4-6-12-20(19)25-21/h1-15,18,24-25H. The lowest BCUT2D eigenvalue weighted by Crippen LogP contribution is -2.23. The van der Waals surface area contributed by atoms with Crippen molar-refractivity contribution in [1.82, 2.24) is 4.98 Å². The quantitative estimate of drug-likeness (QED) is 0.441. The van der Waals surface area contributed by atoms with Crippen LogP contribution in [-0.2, 0) is 0 Å². The molecule has 1 aliphatic carbocycles. The van der Waals surface area contributed by atoms with E-state index >= 15 is 0 Å². The molecule has 26 heavy (non-hydrogen) atoms. The van der Waals surface area contributed by atoms with Gasteiger partial charge in [-0.1, -0.05) is 60.7 Å². The number of rotatable bonds is 1. The summed E-state index contributed by atoms with van der Waals surface area (Å²) in [6.45, 7) is 0. The van der Waals surface area contributed by atoms with Crippen molar-refractivity contribution in [3.8, 4) is 0 Å². The Balaban J connectivity index is 1.66. The first-order chi connectivity index (χ1) is 12.9. The molecule has 2 atom stereocenters. The van der Waals surface area contributed by atoms with Gasteiger partial charge in [0.05, 0.1) is 6.04 Å². The Morgan fingerprint density at radius 1 is 0.769 bits per heavy atom. The zero-order valence-electron chi connectivity index (χ0n) is 14.3. The summed E-state index contributed by atoms with van der Waals surface area (Å²) in [6.07, 6.45) is 4.63. The van der Waals surface area contributed by atoms with E-state index in [1.54, 1.807) is 0 Å². The summed E-state index contributed by atoms with van der Waals surface area (Å²) in [5.41, 5.74) is 7.84. The third-order valence-electron chi connectivity index (χ3n) is 5.75. The Bertz CT molecular complexity index is 1150. The Morgan fingerprint density at radius 2 is 1.54 bits per heavy atom. The number of hydrogen-bond donors (Lipinski definition) is 1. The van der Waals surface area contributed by atoms with Gasteiger partial charge in [0.25, 0.3) is 0 Å². The van der Waals surface area contributed by atoms with Crippen LogP contribution in [0.3, 0.4) is 0 Å². The van der Waals surface area contributed by atoms with Gasteiger partial charge in [0.1, 0.15) is 0 Å². The minimum atomic E-state index is 0.283. The van der Waals surface area contributed by atoms with Gasteiger partial charge in [0.15, 0.2) is 0 Å². The Labute approximate surface area is 152 Å². The van der Waals surface area contributed by atoms with Crippen molar-refractivity contribution in [3.05, 3.63) is 102 Å². The van der Waals surface area contributed by atoms with Gasteiger partial charge in [-0.2, -0.15) is 0 Å². The van der Waals surface area contributed by atoms with Crippen LogP contribution < -0.4 is 4.90 Å². The molecule has 1 aromatic heterocycles. The molecule has 2 nitrogen and oxygen atoms in total. The molecule has 2 aliphatic rings. The fourth-order valence-electron chi connectivity index (χ4n) is 4.71. The number of aromatic nitrogens is 1. The van der Waals surface area contributed by atoms with Gasteiger partial charge in [0.2, 0.25) is 0 Å². The molecule has 0 amide bonds. The molecule has 2 heterocycles. The molecular formula is C24H18N2. The van der Waals surface area contributed by atoms with E-state index in [1.807, 2.05) is 0 Å². The van der Waals surface area contributed by atoms with E-state index in [9.17, 15) is 0 Å². The average Bonchev–Trinajstić information content (AvgIpc) is 3.24. The predicted octanol–water partition coefficient (Wildman–Crippen LogP) is 6.17. The van der Waals surface area contributed by atoms with E-state index in [-0.39, 0.29) is 6.04 Å². The van der Waals surface area contributed by atoms with Gasteiger partial charge in [-0.05, 0) is 35.9 Å². The highest BCUT2D eigenvalue weighted by Crippen LogP contribution is 2.56. The van der Waals surface area contributed by atoms with Gasteiger partial charge < -0.3 is 9.88 Å². The molecule has 0 fully saturated rings. The molecule has 3 aromatic carbocycles. The van der Waals surface area contributed by atoms with Crippen LogP contribution in [0.15, 0.2) is 84.9 Å². The normalized spacial score (nSPS) is 20.1. The van der Waals surface area contributed by atoms with E-state index in [2.05, 4.69) is 101 Å². The minimum absolute atomic E-state index is 0.283. The summed E-state index contributed by atoms with van der Waals surface area (Å²) in [6, 6.07) is 28.5. The molecule has 0 radical (unpaired) electrons. The highest BCUT2D eigenvalue weighted by molar-refractivity contribution is 5.91. The average molecular weight is 334 g/mol. The van der Waals surface area contributed by atoms with Crippen molar-refractivity contribution in [2.45, 2.75) is 12.0 Å². The van der Waals surface area contributed by atoms with Gasteiger partial charge in [-0.15, -0.1) is 0 Å². The molecule has 0 saturated heterocycles. The number of fused-ring (bicyclic) bond motifs is 7. The van der Waals surface area contributed by atoms with Crippen LogP contribution >= 0.6 is 0 Å². The minimum Gasteiger partial charge on any atom is -0.355 e. The van der Waals surface area contributed by atoms with Crippen LogP contribution in [-0.4, -0.2) is 4.98 Å². The molecule has 0 saturated carbocycles. The van der Waals surface area contributed by atoms with Crippen molar-refractivity contribution in [2.24, 2.45) is 0 Å². The van der Waals surface area contributed by atoms with Crippen molar-refractivity contribution in [2.75, 3.05) is 4.90 Å². The zero-order valence-corrected chi connectivity index (χ0v) is 14.3. The monoisotopic (exact) mass is 334 g/mol. The number of nitrogens with one attached hydrogen (secondary N) is 1. The second-order valence-electron chi connectivity index (χ2n) is 7.09. The summed E-state index contributed by atoms with van der Waals surface area (Å²) in [5.74, 6) is 0.373. The molecule has 2 unspecified atom stereocenters. The smallest absolute Gasteiger partial charge is 0.0722 e. The van der Waals surface area contributed by atoms with E-state index in [0.29, 0.717) is 5.92 Å². The van der Waals surface area contributed by atoms with Crippen molar-refractivity contribution in [1.29, 1.82) is 0 Å². The molecule has 0 bridgehead atoms. The Hall–Kier alpha value is -3.26. The first kappa shape index (κ1) is 14.0. The topological polar surface area (TPSA) is 19.0 Å². The fourth-order valence-corrected chi connectivity index (χ4v) is 4.71. The number of aromatic amines is 1. The third kappa shape index (κ3) is 1.76. The van der Waals surface area contributed by atoms with Crippen molar-refractivity contribution >= 4 is 28.4 Å². The maximum absolute atomic E-state index is 3.61. The van der Waals surface area contributed by atoms with Crippen LogP contribution in [0, 0.1) is 0 Å². The molecule has 0 spiro atoms. The van der Waals surface area contributed by atoms with Gasteiger partial charge in [-0.25, -0.2) is 0 Å². The summed E-state index contributed by atoms with van der Waals surface area (Å²) in [5, 5.41) is 1.33. The van der Waals surface area contributed by atoms with Crippen LogP contribution in [0.2, 0.25) is 0 Å². The maximum atomic E-state index is 3.61. The molecule has 1 aliphatic heterocycles. The lowest BCUT2D eigenvalue weighted by Gasteiger charge is -2.32. The number of para-hydroxylation sites is 3. The summed E-state index contributed by atoms with van der Waals surface area (Å²) >= 11 is 0. The van der Waals surface area contributed by atoms with E-state index < -0.39 is 0 Å². The molecule has 2 heteroatoms. The SMILES string of the molecule is C1=CC2c3ccccc3N(c3ccccc3)C2c2c1[nH]c1ccccc21. The second-order valence-corrected chi connectivity index (χ2v) is 7.09. The molecule has 4 aromatic rings. The lowest BCUT2D eigenvalue weighted by atomic mass is 9.84. The van der Waals surface area contributed by atoms with E-state index in [1.165, 1.54) is 39.1 Å². The second kappa shape index (κ2) is 5.12. The third-order valence-corrected chi connectivity index (χ3v) is 5.75. The number of H-pyrrole nitrogens is 1. The van der Waals surface area contributed by atoms with E-state index in [0.717, 1.165) is 0 Å². The summed E-state index contributed by atoms with van der Waals surface area (Å²) < 4.78 is 0. The fraction of sp³-hybridized carbons (Fsp3) is 0.0833. The predicted molar refractivity (Wildman–Crippen MR) is 108 cm³/mol. The van der Waals surface area contributed by atoms with Crippen LogP contribution in [0.4, 0.5) is 11.4 Å². The molecule has 1 N–H and O–H groups in total. The highest BCUT2D eigenvalue weighted by Gasteiger charge is 2.42. The number of nitrogens with zero attached hydrogens (tertiary/aromatic N) is 1. The number of anilines is 2. The Kier molecular flexibility index (Phi) is 2.75. The van der Waals surface area contributed by atoms with E-state index in [4.69, 9.17) is 0 Å². The first-order valence-corrected chi connectivity index (χ1v) is 9.14. The zero-order chi connectivity index (χ0) is 17.1. The molecular weight excluding hydrogens is 316 g/mol. The molecule has 124 valence electrons. The van der Waals surface area contributed by atoms with Crippen molar-refractivity contribution in [3.63, 3.8) is 0 Å². The van der Waals surface area contributed by atoms with Crippen LogP contribution in [0.5, 0.6) is 0 Å². The van der Waals surface area contributed by atoms with Gasteiger partial charge in [-0.3, -0.25) is 0 Å².